The van der Waals surface area contributed by atoms with Gasteiger partial charge in [0.25, 0.3) is 0 Å². The highest BCUT2D eigenvalue weighted by atomic mass is 16.2. The predicted molar refractivity (Wildman–Crippen MR) is 120 cm³/mol. The van der Waals surface area contributed by atoms with Crippen LogP contribution in [-0.2, 0) is 28.8 Å². The van der Waals surface area contributed by atoms with E-state index in [1.807, 2.05) is 0 Å². The summed E-state index contributed by atoms with van der Waals surface area (Å²) in [6, 6.07) is -5.22. The molecule has 2 unspecified atom stereocenters. The number of rotatable bonds is 0. The van der Waals surface area contributed by atoms with Gasteiger partial charge in [-0.15, -0.1) is 0 Å². The van der Waals surface area contributed by atoms with Crippen LogP contribution in [0.2, 0.25) is 0 Å². The second-order valence-corrected chi connectivity index (χ2v) is 9.30. The number of nitrogens with one attached hydrogen (secondary N) is 4. The van der Waals surface area contributed by atoms with Gasteiger partial charge in [-0.25, -0.2) is 0 Å². The molecule has 3 heterocycles. The van der Waals surface area contributed by atoms with Crippen LogP contribution in [0.1, 0.15) is 53.4 Å². The van der Waals surface area contributed by atoms with Crippen LogP contribution in [0.5, 0.6) is 0 Å². The summed E-state index contributed by atoms with van der Waals surface area (Å²) in [7, 11) is 0. The molecule has 0 bridgehead atoms. The highest BCUT2D eigenvalue weighted by Crippen LogP contribution is 2.25. The van der Waals surface area contributed by atoms with E-state index < -0.39 is 65.8 Å². The van der Waals surface area contributed by atoms with E-state index in [0.717, 1.165) is 0 Å². The summed E-state index contributed by atoms with van der Waals surface area (Å²) in [5.74, 6) is -2.84. The highest BCUT2D eigenvalue weighted by Gasteiger charge is 2.43. The first kappa shape index (κ1) is 25.4. The van der Waals surface area contributed by atoms with E-state index in [2.05, 4.69) is 21.3 Å². The van der Waals surface area contributed by atoms with Gasteiger partial charge in [0.15, 0.2) is 0 Å². The van der Waals surface area contributed by atoms with Crippen LogP contribution in [-0.4, -0.2) is 94.6 Å². The summed E-state index contributed by atoms with van der Waals surface area (Å²) in [6.45, 7) is 6.71. The Kier molecular flexibility index (Phi) is 7.78. The van der Waals surface area contributed by atoms with Gasteiger partial charge < -0.3 is 31.1 Å². The molecule has 0 saturated carbocycles. The van der Waals surface area contributed by atoms with Crippen molar-refractivity contribution in [3.63, 3.8) is 0 Å². The van der Waals surface area contributed by atoms with Gasteiger partial charge in [-0.3, -0.25) is 28.8 Å². The molecule has 0 aromatic carbocycles. The molecule has 3 aliphatic rings. The molecule has 3 fully saturated rings. The SMILES string of the molecule is C[C@@H]1NC(=O)C2CCCN2C(=O)C2CCCN2C(=O)[C@H](C)NC(=O)[C@H](C)NC(=O)[C@H](C)NC1=O. The van der Waals surface area contributed by atoms with Gasteiger partial charge in [-0.2, -0.15) is 0 Å². The summed E-state index contributed by atoms with van der Waals surface area (Å²) >= 11 is 0. The smallest absolute Gasteiger partial charge is 0.246 e. The molecule has 3 aliphatic heterocycles. The lowest BCUT2D eigenvalue weighted by molar-refractivity contribution is -0.148. The Balaban J connectivity index is 1.87. The van der Waals surface area contributed by atoms with E-state index >= 15 is 0 Å². The number of carbonyl (C=O) groups excluding carboxylic acids is 6. The Labute approximate surface area is 198 Å². The summed E-state index contributed by atoms with van der Waals surface area (Å²) in [4.78, 5) is 79.9. The number of amides is 6. The fourth-order valence-corrected chi connectivity index (χ4v) is 4.61. The van der Waals surface area contributed by atoms with Crippen LogP contribution in [0.3, 0.4) is 0 Å². The van der Waals surface area contributed by atoms with Crippen LogP contribution in [0.15, 0.2) is 0 Å². The zero-order valence-electron chi connectivity index (χ0n) is 20.1. The van der Waals surface area contributed by atoms with Gasteiger partial charge in [0.1, 0.15) is 36.3 Å². The minimum atomic E-state index is -0.963. The number of hydrogen-bond donors (Lipinski definition) is 4. The molecular weight excluding hydrogens is 444 g/mol. The maximum atomic E-state index is 13.4. The first-order valence-corrected chi connectivity index (χ1v) is 11.8. The van der Waals surface area contributed by atoms with Crippen molar-refractivity contribution in [2.24, 2.45) is 0 Å². The minimum Gasteiger partial charge on any atom is -0.343 e. The average molecular weight is 479 g/mol. The van der Waals surface area contributed by atoms with Crippen LogP contribution >= 0.6 is 0 Å². The van der Waals surface area contributed by atoms with E-state index in [4.69, 9.17) is 0 Å². The van der Waals surface area contributed by atoms with Crippen molar-refractivity contribution in [2.75, 3.05) is 13.1 Å². The third kappa shape index (κ3) is 5.31. The maximum absolute atomic E-state index is 13.4. The summed E-state index contributed by atoms with van der Waals surface area (Å²) in [6.07, 6.45) is 2.19. The van der Waals surface area contributed by atoms with Gasteiger partial charge in [-0.05, 0) is 53.4 Å². The van der Waals surface area contributed by atoms with Crippen molar-refractivity contribution in [1.29, 1.82) is 0 Å². The Morgan fingerprint density at radius 3 is 1.41 bits per heavy atom. The lowest BCUT2D eigenvalue weighted by Gasteiger charge is -2.33. The van der Waals surface area contributed by atoms with Crippen LogP contribution in [0, 0.1) is 0 Å². The zero-order valence-corrected chi connectivity index (χ0v) is 20.1. The fraction of sp³-hybridized carbons (Fsp3) is 0.727. The Morgan fingerprint density at radius 1 is 0.529 bits per heavy atom. The first-order valence-electron chi connectivity index (χ1n) is 11.8. The van der Waals surface area contributed by atoms with Gasteiger partial charge >= 0.3 is 0 Å². The molecule has 12 heteroatoms. The minimum absolute atomic E-state index is 0.297. The molecule has 0 aromatic heterocycles. The Morgan fingerprint density at radius 2 is 0.912 bits per heavy atom. The second-order valence-electron chi connectivity index (χ2n) is 9.30. The molecule has 188 valence electrons. The molecule has 12 nitrogen and oxygen atoms in total. The first-order chi connectivity index (χ1) is 16.0. The highest BCUT2D eigenvalue weighted by molar-refractivity contribution is 5.98. The van der Waals surface area contributed by atoms with E-state index in [-0.39, 0.29) is 5.91 Å². The predicted octanol–water partition coefficient (Wildman–Crippen LogP) is -2.00. The third-order valence-electron chi connectivity index (χ3n) is 6.64. The molecule has 34 heavy (non-hydrogen) atoms. The van der Waals surface area contributed by atoms with Crippen molar-refractivity contribution in [1.82, 2.24) is 31.1 Å². The average Bonchev–Trinajstić information content (AvgIpc) is 3.47. The van der Waals surface area contributed by atoms with Gasteiger partial charge in [0.05, 0.1) is 0 Å². The lowest BCUT2D eigenvalue weighted by Crippen LogP contribution is -2.59. The molecule has 6 amide bonds. The topological polar surface area (TPSA) is 157 Å². The van der Waals surface area contributed by atoms with Crippen LogP contribution in [0.4, 0.5) is 0 Å². The summed E-state index contributed by atoms with van der Waals surface area (Å²) in [5.41, 5.74) is 0. The molecule has 0 aromatic rings. The summed E-state index contributed by atoms with van der Waals surface area (Å²) < 4.78 is 0. The molecule has 6 atom stereocenters. The van der Waals surface area contributed by atoms with Crippen LogP contribution in [0.25, 0.3) is 0 Å². The molecule has 0 spiro atoms. The normalized spacial score (nSPS) is 34.4. The number of fused-ring (bicyclic) bond motifs is 2. The quantitative estimate of drug-likeness (QED) is 0.315. The lowest BCUT2D eigenvalue weighted by atomic mass is 10.1. The molecule has 0 aliphatic carbocycles. The monoisotopic (exact) mass is 478 g/mol. The van der Waals surface area contributed by atoms with Gasteiger partial charge in [-0.1, -0.05) is 0 Å². The van der Waals surface area contributed by atoms with Crippen molar-refractivity contribution >= 4 is 35.4 Å². The Bertz CT molecular complexity index is 878. The molecule has 4 N–H and O–H groups in total. The van der Waals surface area contributed by atoms with Gasteiger partial charge in [0, 0.05) is 13.1 Å². The van der Waals surface area contributed by atoms with Crippen LogP contribution < -0.4 is 21.3 Å². The molecule has 3 rings (SSSR count). The maximum Gasteiger partial charge on any atom is 0.246 e. The largest absolute Gasteiger partial charge is 0.343 e. The molecular formula is C22H34N6O6. The second kappa shape index (κ2) is 10.4. The van der Waals surface area contributed by atoms with Crippen molar-refractivity contribution in [3.8, 4) is 0 Å². The standard InChI is InChI=1S/C22H34N6O6/c1-11-17(29)24-12(2)19(31)26-14(4)21(33)28-10-6-8-16(28)22(34)27-9-5-7-15(27)20(32)25-13(3)18(30)23-11/h11-16H,5-10H2,1-4H3,(H,23,30)(H,24,29)(H,25,32)(H,26,31)/t11-,12-,13-,14-,15?,16?/m0/s1. The van der Waals surface area contributed by atoms with E-state index in [9.17, 15) is 28.8 Å². The van der Waals surface area contributed by atoms with E-state index in [1.165, 1.54) is 37.5 Å². The fourth-order valence-electron chi connectivity index (χ4n) is 4.61. The number of carbonyl (C=O) groups is 6. The number of nitrogens with zero attached hydrogens (tertiary/aromatic N) is 2. The van der Waals surface area contributed by atoms with Crippen molar-refractivity contribution in [2.45, 2.75) is 89.6 Å². The van der Waals surface area contributed by atoms with Crippen molar-refractivity contribution in [3.05, 3.63) is 0 Å². The zero-order chi connectivity index (χ0) is 25.2. The number of hydrogen-bond acceptors (Lipinski definition) is 6. The summed E-state index contributed by atoms with van der Waals surface area (Å²) in [5, 5.41) is 10.2. The molecule has 3 saturated heterocycles. The Hall–Kier alpha value is -3.18. The van der Waals surface area contributed by atoms with E-state index in [0.29, 0.717) is 38.8 Å². The third-order valence-corrected chi connectivity index (χ3v) is 6.64. The van der Waals surface area contributed by atoms with E-state index in [1.54, 1.807) is 0 Å². The van der Waals surface area contributed by atoms with Gasteiger partial charge in [0.2, 0.25) is 35.4 Å². The van der Waals surface area contributed by atoms with Crippen molar-refractivity contribution < 1.29 is 28.8 Å². The molecule has 0 radical (unpaired) electrons.